The van der Waals surface area contributed by atoms with Crippen molar-refractivity contribution in [2.75, 3.05) is 6.54 Å². The minimum Gasteiger partial charge on any atom is -0.351 e. The van der Waals surface area contributed by atoms with Crippen LogP contribution >= 0.6 is 0 Å². The fourth-order valence-electron chi connectivity index (χ4n) is 3.57. The van der Waals surface area contributed by atoms with E-state index in [9.17, 15) is 4.79 Å². The SMILES string of the molecule is CCc1c(C(=O)NCCc2nccn2Cc2ccccc2)cnn1-c1ccccc1. The molecule has 0 radical (unpaired) electrons. The average Bonchev–Trinajstić information content (AvgIpc) is 3.42. The van der Waals surface area contributed by atoms with E-state index < -0.39 is 0 Å². The third kappa shape index (κ3) is 4.33. The second-order valence-electron chi connectivity index (χ2n) is 7.07. The van der Waals surface area contributed by atoms with Crippen molar-refractivity contribution in [3.63, 3.8) is 0 Å². The average molecular weight is 399 g/mol. The van der Waals surface area contributed by atoms with Crippen LogP contribution in [0, 0.1) is 0 Å². The maximum Gasteiger partial charge on any atom is 0.254 e. The van der Waals surface area contributed by atoms with E-state index in [2.05, 4.69) is 32.1 Å². The Balaban J connectivity index is 1.40. The molecule has 2 aromatic heterocycles. The summed E-state index contributed by atoms with van der Waals surface area (Å²) in [5.41, 5.74) is 3.70. The van der Waals surface area contributed by atoms with Crippen molar-refractivity contribution >= 4 is 5.91 Å². The minimum atomic E-state index is -0.102. The quantitative estimate of drug-likeness (QED) is 0.492. The summed E-state index contributed by atoms with van der Waals surface area (Å²) in [6.45, 7) is 3.33. The Morgan fingerprint density at radius 2 is 1.77 bits per heavy atom. The fraction of sp³-hybridized carbons (Fsp3) is 0.208. The van der Waals surface area contributed by atoms with Crippen LogP contribution in [0.1, 0.15) is 34.4 Å². The third-order valence-corrected chi connectivity index (χ3v) is 5.08. The Kier molecular flexibility index (Phi) is 6.03. The molecule has 0 saturated carbocycles. The van der Waals surface area contributed by atoms with E-state index in [0.29, 0.717) is 18.5 Å². The predicted molar refractivity (Wildman–Crippen MR) is 117 cm³/mol. The van der Waals surface area contributed by atoms with E-state index in [1.165, 1.54) is 5.56 Å². The van der Waals surface area contributed by atoms with Gasteiger partial charge in [0.05, 0.1) is 23.1 Å². The van der Waals surface area contributed by atoms with Crippen molar-refractivity contribution in [2.45, 2.75) is 26.3 Å². The molecular formula is C24H25N5O. The van der Waals surface area contributed by atoms with Gasteiger partial charge in [-0.15, -0.1) is 0 Å². The Labute approximate surface area is 176 Å². The standard InChI is InChI=1S/C24H25N5O/c1-2-22-21(17-27-29(22)20-11-7-4-8-12-20)24(30)26-14-13-23-25-15-16-28(23)18-19-9-5-3-6-10-19/h3-12,15-17H,2,13-14,18H2,1H3,(H,26,30). The molecule has 152 valence electrons. The van der Waals surface area contributed by atoms with Gasteiger partial charge in [-0.1, -0.05) is 55.5 Å². The lowest BCUT2D eigenvalue weighted by Crippen LogP contribution is -2.27. The van der Waals surface area contributed by atoms with Crippen LogP contribution in [-0.2, 0) is 19.4 Å². The summed E-state index contributed by atoms with van der Waals surface area (Å²) in [6, 6.07) is 20.2. The number of hydrogen-bond acceptors (Lipinski definition) is 3. The van der Waals surface area contributed by atoms with E-state index in [1.54, 1.807) is 12.4 Å². The summed E-state index contributed by atoms with van der Waals surface area (Å²) >= 11 is 0. The van der Waals surface area contributed by atoms with Crippen LogP contribution in [0.15, 0.2) is 79.3 Å². The van der Waals surface area contributed by atoms with Gasteiger partial charge in [0.2, 0.25) is 0 Å². The first-order valence-electron chi connectivity index (χ1n) is 10.2. The highest BCUT2D eigenvalue weighted by Crippen LogP contribution is 2.15. The van der Waals surface area contributed by atoms with Crippen molar-refractivity contribution < 1.29 is 4.79 Å². The number of amides is 1. The van der Waals surface area contributed by atoms with Crippen LogP contribution in [0.5, 0.6) is 0 Å². The smallest absolute Gasteiger partial charge is 0.254 e. The lowest BCUT2D eigenvalue weighted by atomic mass is 10.2. The Bertz CT molecular complexity index is 1100. The van der Waals surface area contributed by atoms with E-state index in [-0.39, 0.29) is 5.91 Å². The van der Waals surface area contributed by atoms with Crippen molar-refractivity contribution in [3.8, 4) is 5.69 Å². The number of benzene rings is 2. The van der Waals surface area contributed by atoms with Gasteiger partial charge in [0.25, 0.3) is 5.91 Å². The molecule has 2 heterocycles. The maximum atomic E-state index is 12.8. The van der Waals surface area contributed by atoms with E-state index in [4.69, 9.17) is 0 Å². The van der Waals surface area contributed by atoms with E-state index in [1.807, 2.05) is 66.3 Å². The van der Waals surface area contributed by atoms with Gasteiger partial charge in [0.1, 0.15) is 5.82 Å². The maximum absolute atomic E-state index is 12.8. The topological polar surface area (TPSA) is 64.7 Å². The summed E-state index contributed by atoms with van der Waals surface area (Å²) in [6.07, 6.45) is 6.82. The highest BCUT2D eigenvalue weighted by atomic mass is 16.1. The van der Waals surface area contributed by atoms with Crippen LogP contribution in [0.4, 0.5) is 0 Å². The van der Waals surface area contributed by atoms with Crippen LogP contribution in [0.25, 0.3) is 5.69 Å². The zero-order chi connectivity index (χ0) is 20.8. The number of para-hydroxylation sites is 1. The number of rotatable bonds is 8. The van der Waals surface area contributed by atoms with Gasteiger partial charge in [-0.25, -0.2) is 9.67 Å². The predicted octanol–water partition coefficient (Wildman–Crippen LogP) is 3.65. The molecule has 4 aromatic rings. The van der Waals surface area contributed by atoms with Gasteiger partial charge in [-0.2, -0.15) is 5.10 Å². The van der Waals surface area contributed by atoms with Gasteiger partial charge in [-0.05, 0) is 24.1 Å². The number of nitrogens with one attached hydrogen (secondary N) is 1. The first-order valence-corrected chi connectivity index (χ1v) is 10.2. The molecule has 0 bridgehead atoms. The fourth-order valence-corrected chi connectivity index (χ4v) is 3.57. The first-order chi connectivity index (χ1) is 14.8. The molecule has 2 aromatic carbocycles. The number of carbonyl (C=O) groups is 1. The number of imidazole rings is 1. The number of aromatic nitrogens is 4. The number of carbonyl (C=O) groups excluding carboxylic acids is 1. The van der Waals surface area contributed by atoms with Crippen LogP contribution in [0.3, 0.4) is 0 Å². The molecule has 0 unspecified atom stereocenters. The molecule has 6 nitrogen and oxygen atoms in total. The molecule has 0 aliphatic carbocycles. The molecule has 0 aliphatic rings. The van der Waals surface area contributed by atoms with Crippen LogP contribution in [-0.4, -0.2) is 31.8 Å². The van der Waals surface area contributed by atoms with Crippen LogP contribution in [0.2, 0.25) is 0 Å². The Morgan fingerprint density at radius 1 is 1.03 bits per heavy atom. The molecule has 0 fully saturated rings. The molecule has 0 aliphatic heterocycles. The van der Waals surface area contributed by atoms with Crippen molar-refractivity contribution in [1.82, 2.24) is 24.6 Å². The molecule has 30 heavy (non-hydrogen) atoms. The van der Waals surface area contributed by atoms with E-state index in [0.717, 1.165) is 30.2 Å². The third-order valence-electron chi connectivity index (χ3n) is 5.08. The summed E-state index contributed by atoms with van der Waals surface area (Å²) in [7, 11) is 0. The molecule has 0 atom stereocenters. The van der Waals surface area contributed by atoms with E-state index >= 15 is 0 Å². The molecule has 1 amide bonds. The normalized spacial score (nSPS) is 10.8. The first kappa shape index (κ1) is 19.6. The molecule has 6 heteroatoms. The van der Waals surface area contributed by atoms with Gasteiger partial charge < -0.3 is 9.88 Å². The number of nitrogens with zero attached hydrogens (tertiary/aromatic N) is 4. The summed E-state index contributed by atoms with van der Waals surface area (Å²) in [4.78, 5) is 17.2. The Hall–Kier alpha value is -3.67. The van der Waals surface area contributed by atoms with Crippen molar-refractivity contribution in [2.24, 2.45) is 0 Å². The van der Waals surface area contributed by atoms with Gasteiger partial charge >= 0.3 is 0 Å². The summed E-state index contributed by atoms with van der Waals surface area (Å²) in [5, 5.41) is 7.46. The molecule has 0 saturated heterocycles. The van der Waals surface area contributed by atoms with Gasteiger partial charge in [-0.3, -0.25) is 4.79 Å². The summed E-state index contributed by atoms with van der Waals surface area (Å²) < 4.78 is 3.95. The van der Waals surface area contributed by atoms with Crippen molar-refractivity contribution in [3.05, 3.63) is 102 Å². The van der Waals surface area contributed by atoms with Gasteiger partial charge in [0, 0.05) is 31.9 Å². The molecule has 0 spiro atoms. The van der Waals surface area contributed by atoms with Crippen molar-refractivity contribution in [1.29, 1.82) is 0 Å². The lowest BCUT2D eigenvalue weighted by molar-refractivity contribution is 0.0953. The largest absolute Gasteiger partial charge is 0.351 e. The molecular weight excluding hydrogens is 374 g/mol. The molecule has 4 rings (SSSR count). The number of hydrogen-bond donors (Lipinski definition) is 1. The highest BCUT2D eigenvalue weighted by Gasteiger charge is 2.17. The van der Waals surface area contributed by atoms with Crippen LogP contribution < -0.4 is 5.32 Å². The zero-order valence-electron chi connectivity index (χ0n) is 17.0. The second kappa shape index (κ2) is 9.22. The minimum absolute atomic E-state index is 0.102. The Morgan fingerprint density at radius 3 is 2.50 bits per heavy atom. The second-order valence-corrected chi connectivity index (χ2v) is 7.07. The van der Waals surface area contributed by atoms with Gasteiger partial charge in [0.15, 0.2) is 0 Å². The zero-order valence-corrected chi connectivity index (χ0v) is 17.0. The monoisotopic (exact) mass is 399 g/mol. The summed E-state index contributed by atoms with van der Waals surface area (Å²) in [5.74, 6) is 0.852. The highest BCUT2D eigenvalue weighted by molar-refractivity contribution is 5.95. The molecule has 1 N–H and O–H groups in total. The lowest BCUT2D eigenvalue weighted by Gasteiger charge is -2.10.